The van der Waals surface area contributed by atoms with Crippen LogP contribution < -0.4 is 20.7 Å². The van der Waals surface area contributed by atoms with E-state index in [0.717, 1.165) is 49.3 Å². The normalized spacial score (nSPS) is 13.8. The fraction of sp³-hybridized carbons (Fsp3) is 0.195. The van der Waals surface area contributed by atoms with Gasteiger partial charge in [0, 0.05) is 5.20 Å². The van der Waals surface area contributed by atoms with Crippen LogP contribution in [0, 0.1) is 0 Å². The van der Waals surface area contributed by atoms with Crippen LogP contribution in [0.25, 0.3) is 0 Å². The maximum Gasteiger partial charge on any atom is 0.182 e. The van der Waals surface area contributed by atoms with Gasteiger partial charge in [0.2, 0.25) is 0 Å². The monoisotopic (exact) mass is 608 g/mol. The molecule has 4 aromatic rings. The molecule has 0 saturated heterocycles. The maximum absolute atomic E-state index is 15.4. The van der Waals surface area contributed by atoms with Crippen molar-refractivity contribution >= 4 is 42.7 Å². The largest absolute Gasteiger partial charge is 0.290 e. The minimum atomic E-state index is -2.94. The summed E-state index contributed by atoms with van der Waals surface area (Å²) in [5.74, 6) is 0.240. The van der Waals surface area contributed by atoms with Gasteiger partial charge >= 0.3 is 0 Å². The Morgan fingerprint density at radius 2 is 0.818 bits per heavy atom. The second-order valence-corrected chi connectivity index (χ2v) is 19.1. The second-order valence-electron chi connectivity index (χ2n) is 11.7. The lowest BCUT2D eigenvalue weighted by molar-refractivity contribution is -0.111. The SMILES string of the molecule is C=C[Si](C1=C(CCCC)C([Si](C=C)(c2ccccc2)c2ccccc2)=C(CCCC)C1=O)(c1ccccc1)c1ccccc1. The quantitative estimate of drug-likeness (QED) is 0.135. The van der Waals surface area contributed by atoms with Crippen LogP contribution in [0.2, 0.25) is 0 Å². The van der Waals surface area contributed by atoms with Gasteiger partial charge in [0.1, 0.15) is 0 Å². The Morgan fingerprint density at radius 1 is 0.500 bits per heavy atom. The molecule has 222 valence electrons. The first kappa shape index (κ1) is 31.4. The van der Waals surface area contributed by atoms with E-state index < -0.39 is 16.1 Å². The van der Waals surface area contributed by atoms with Crippen molar-refractivity contribution in [3.8, 4) is 0 Å². The van der Waals surface area contributed by atoms with E-state index in [4.69, 9.17) is 0 Å². The number of ketones is 1. The molecule has 0 fully saturated rings. The van der Waals surface area contributed by atoms with Gasteiger partial charge in [-0.2, -0.15) is 0 Å². The number of hydrogen-bond acceptors (Lipinski definition) is 1. The first-order valence-corrected chi connectivity index (χ1v) is 20.3. The van der Waals surface area contributed by atoms with E-state index in [1.54, 1.807) is 0 Å². The van der Waals surface area contributed by atoms with Crippen LogP contribution in [0.5, 0.6) is 0 Å². The van der Waals surface area contributed by atoms with E-state index in [2.05, 4.69) is 160 Å². The Labute approximate surface area is 266 Å². The summed E-state index contributed by atoms with van der Waals surface area (Å²) in [7, 11) is -5.78. The maximum atomic E-state index is 15.4. The number of rotatable bonds is 14. The summed E-state index contributed by atoms with van der Waals surface area (Å²) in [5.41, 5.74) is 6.68. The molecule has 0 amide bonds. The molecule has 1 aliphatic carbocycles. The molecule has 0 aliphatic heterocycles. The molecule has 0 atom stereocenters. The topological polar surface area (TPSA) is 17.1 Å². The molecule has 0 heterocycles. The Morgan fingerprint density at radius 3 is 1.14 bits per heavy atom. The first-order chi connectivity index (χ1) is 21.6. The number of carbonyl (C=O) groups is 1. The lowest BCUT2D eigenvalue weighted by atomic mass is 10.1. The number of unbranched alkanes of at least 4 members (excludes halogenated alkanes) is 2. The summed E-state index contributed by atoms with van der Waals surface area (Å²) < 4.78 is 0. The van der Waals surface area contributed by atoms with E-state index >= 15 is 4.79 Å². The molecule has 0 bridgehead atoms. The van der Waals surface area contributed by atoms with Crippen LogP contribution in [0.4, 0.5) is 0 Å². The molecule has 4 aromatic carbocycles. The van der Waals surface area contributed by atoms with E-state index in [0.29, 0.717) is 0 Å². The van der Waals surface area contributed by atoms with Crippen LogP contribution in [-0.2, 0) is 4.79 Å². The van der Waals surface area contributed by atoms with E-state index in [1.807, 2.05) is 0 Å². The number of hydrogen-bond donors (Lipinski definition) is 0. The molecule has 0 unspecified atom stereocenters. The third-order valence-electron chi connectivity index (χ3n) is 9.28. The van der Waals surface area contributed by atoms with Gasteiger partial charge in [-0.05, 0) is 62.8 Å². The molecule has 1 aliphatic rings. The average Bonchev–Trinajstić information content (AvgIpc) is 3.37. The number of benzene rings is 4. The smallest absolute Gasteiger partial charge is 0.182 e. The Kier molecular flexibility index (Phi) is 10.1. The van der Waals surface area contributed by atoms with Gasteiger partial charge in [0.25, 0.3) is 0 Å². The van der Waals surface area contributed by atoms with Gasteiger partial charge in [-0.25, -0.2) is 0 Å². The minimum absolute atomic E-state index is 0.240. The fourth-order valence-electron chi connectivity index (χ4n) is 7.19. The molecular formula is C41H44OSi2. The standard InChI is InChI=1S/C41H44OSi2/c1-5-9-31-37-39(42)41(44(8-4,35-27-19-13-20-28-35)36-29-21-14-22-30-36)38(32-10-6-2)40(37)43(7-3,33-23-15-11-16-24-33)34-25-17-12-18-26-34/h7-8,11-30H,3-6,9-10,31-32H2,1-2H3. The molecule has 3 heteroatoms. The third kappa shape index (κ3) is 5.40. The molecule has 5 rings (SSSR count). The highest BCUT2D eigenvalue weighted by Gasteiger charge is 2.52. The van der Waals surface area contributed by atoms with Crippen molar-refractivity contribution in [1.29, 1.82) is 0 Å². The van der Waals surface area contributed by atoms with Crippen LogP contribution in [-0.4, -0.2) is 21.9 Å². The summed E-state index contributed by atoms with van der Waals surface area (Å²) in [5, 5.41) is 7.28. The highest BCUT2D eigenvalue weighted by atomic mass is 28.3. The summed E-state index contributed by atoms with van der Waals surface area (Å²) in [4.78, 5) is 15.4. The van der Waals surface area contributed by atoms with Crippen molar-refractivity contribution < 1.29 is 4.79 Å². The molecule has 0 spiro atoms. The molecule has 1 nitrogen and oxygen atoms in total. The van der Waals surface area contributed by atoms with Crippen LogP contribution in [0.3, 0.4) is 0 Å². The predicted octanol–water partition coefficient (Wildman–Crippen LogP) is 7.60. The van der Waals surface area contributed by atoms with E-state index in [9.17, 15) is 0 Å². The zero-order valence-electron chi connectivity index (χ0n) is 26.3. The summed E-state index contributed by atoms with van der Waals surface area (Å²) in [6.45, 7) is 13.6. The zero-order valence-corrected chi connectivity index (χ0v) is 28.3. The highest BCUT2D eigenvalue weighted by Crippen LogP contribution is 2.44. The Bertz CT molecular complexity index is 1570. The Hall–Kier alpha value is -4.06. The third-order valence-corrected chi connectivity index (χ3v) is 18.2. The molecule has 0 N–H and O–H groups in total. The van der Waals surface area contributed by atoms with Crippen molar-refractivity contribution in [2.24, 2.45) is 0 Å². The van der Waals surface area contributed by atoms with Crippen LogP contribution in [0.1, 0.15) is 52.4 Å². The molecular weight excluding hydrogens is 565 g/mol. The van der Waals surface area contributed by atoms with Crippen LogP contribution >= 0.6 is 0 Å². The van der Waals surface area contributed by atoms with Gasteiger partial charge in [-0.3, -0.25) is 4.79 Å². The molecule has 0 radical (unpaired) electrons. The Balaban J connectivity index is 1.96. The van der Waals surface area contributed by atoms with Gasteiger partial charge in [0.05, 0.1) is 0 Å². The molecule has 0 aromatic heterocycles. The van der Waals surface area contributed by atoms with E-state index in [1.165, 1.54) is 31.5 Å². The fourth-order valence-corrected chi connectivity index (χ4v) is 16.0. The zero-order chi connectivity index (χ0) is 31.0. The summed E-state index contributed by atoms with van der Waals surface area (Å²) in [6.07, 6.45) is 5.73. The van der Waals surface area contributed by atoms with Crippen molar-refractivity contribution in [3.63, 3.8) is 0 Å². The average molecular weight is 609 g/mol. The van der Waals surface area contributed by atoms with Gasteiger partial charge in [0.15, 0.2) is 21.9 Å². The molecule has 0 saturated carbocycles. The van der Waals surface area contributed by atoms with Gasteiger partial charge in [-0.15, -0.1) is 13.2 Å². The minimum Gasteiger partial charge on any atom is -0.290 e. The number of allylic oxidation sites excluding steroid dienone is 4. The van der Waals surface area contributed by atoms with E-state index in [-0.39, 0.29) is 5.78 Å². The van der Waals surface area contributed by atoms with Gasteiger partial charge < -0.3 is 0 Å². The van der Waals surface area contributed by atoms with Crippen LogP contribution in [0.15, 0.2) is 167 Å². The van der Waals surface area contributed by atoms with Crippen molar-refractivity contribution in [3.05, 3.63) is 167 Å². The summed E-state index contributed by atoms with van der Waals surface area (Å²) >= 11 is 0. The lowest BCUT2D eigenvalue weighted by Crippen LogP contribution is -2.61. The van der Waals surface area contributed by atoms with Crippen molar-refractivity contribution in [2.75, 3.05) is 0 Å². The lowest BCUT2D eigenvalue weighted by Gasteiger charge is -2.35. The number of carbonyl (C=O) groups excluding carboxylic acids is 1. The molecule has 44 heavy (non-hydrogen) atoms. The predicted molar refractivity (Wildman–Crippen MR) is 194 cm³/mol. The van der Waals surface area contributed by atoms with Gasteiger partial charge in [-0.1, -0.05) is 159 Å². The van der Waals surface area contributed by atoms with Crippen molar-refractivity contribution in [2.45, 2.75) is 52.4 Å². The second kappa shape index (κ2) is 14.2. The first-order valence-electron chi connectivity index (χ1n) is 16.1. The summed E-state index contributed by atoms with van der Waals surface area (Å²) in [6, 6.07) is 43.2. The van der Waals surface area contributed by atoms with Crippen molar-refractivity contribution in [1.82, 2.24) is 0 Å². The highest BCUT2D eigenvalue weighted by molar-refractivity contribution is 7.15. The number of Topliss-reactive ketones (excluding diaryl/α,β-unsaturated/α-hetero) is 1.